The van der Waals surface area contributed by atoms with Crippen molar-refractivity contribution in [3.05, 3.63) is 35.9 Å². The lowest BCUT2D eigenvalue weighted by Gasteiger charge is -2.21. The van der Waals surface area contributed by atoms with E-state index in [1.807, 2.05) is 49.1 Å². The third-order valence-corrected chi connectivity index (χ3v) is 3.61. The molecule has 1 saturated heterocycles. The molecular weight excluding hydrogens is 268 g/mol. The minimum Gasteiger partial charge on any atom is -0.445 e. The first-order valence-corrected chi connectivity index (χ1v) is 7.30. The third kappa shape index (κ3) is 4.48. The number of ether oxygens (including phenoxy) is 1. The molecule has 2 amide bonds. The molecule has 1 aromatic carbocycles. The van der Waals surface area contributed by atoms with Crippen LogP contribution in [0, 0.1) is 5.92 Å². The number of alkyl carbamates (subject to hydrolysis) is 1. The van der Waals surface area contributed by atoms with Crippen LogP contribution in [0.15, 0.2) is 30.3 Å². The third-order valence-electron chi connectivity index (χ3n) is 3.61. The molecule has 1 aliphatic heterocycles. The van der Waals surface area contributed by atoms with Gasteiger partial charge in [0.1, 0.15) is 6.61 Å². The van der Waals surface area contributed by atoms with Crippen molar-refractivity contribution in [3.63, 3.8) is 0 Å². The van der Waals surface area contributed by atoms with Crippen molar-refractivity contribution in [1.29, 1.82) is 0 Å². The topological polar surface area (TPSA) is 58.6 Å². The van der Waals surface area contributed by atoms with Crippen LogP contribution >= 0.6 is 0 Å². The number of carbonyl (C=O) groups excluding carboxylic acids is 2. The van der Waals surface area contributed by atoms with Gasteiger partial charge >= 0.3 is 6.09 Å². The number of benzene rings is 1. The molecule has 5 nitrogen and oxygen atoms in total. The molecule has 0 aromatic heterocycles. The average Bonchev–Trinajstić information content (AvgIpc) is 2.85. The van der Waals surface area contributed by atoms with E-state index in [-0.39, 0.29) is 24.5 Å². The van der Waals surface area contributed by atoms with Gasteiger partial charge in [-0.3, -0.25) is 4.79 Å². The van der Waals surface area contributed by atoms with E-state index < -0.39 is 6.09 Å². The van der Waals surface area contributed by atoms with Crippen LogP contribution in [-0.2, 0) is 16.1 Å². The van der Waals surface area contributed by atoms with E-state index in [1.165, 1.54) is 0 Å². The first-order valence-electron chi connectivity index (χ1n) is 7.30. The molecule has 1 heterocycles. The number of rotatable bonds is 5. The van der Waals surface area contributed by atoms with Crippen LogP contribution < -0.4 is 5.32 Å². The molecule has 114 valence electrons. The molecule has 0 saturated carbocycles. The summed E-state index contributed by atoms with van der Waals surface area (Å²) >= 11 is 0. The van der Waals surface area contributed by atoms with Gasteiger partial charge in [0, 0.05) is 31.5 Å². The second-order valence-corrected chi connectivity index (χ2v) is 5.65. The summed E-state index contributed by atoms with van der Waals surface area (Å²) in [4.78, 5) is 25.3. The number of likely N-dealkylation sites (tertiary alicyclic amines) is 1. The molecular formula is C16H22N2O3. The van der Waals surface area contributed by atoms with Crippen LogP contribution in [0.4, 0.5) is 4.79 Å². The van der Waals surface area contributed by atoms with Crippen molar-refractivity contribution in [2.75, 3.05) is 13.1 Å². The predicted molar refractivity (Wildman–Crippen MR) is 79.6 cm³/mol. The lowest BCUT2D eigenvalue weighted by atomic mass is 10.1. The van der Waals surface area contributed by atoms with Gasteiger partial charge in [0.05, 0.1) is 0 Å². The highest BCUT2D eigenvalue weighted by Crippen LogP contribution is 2.19. The maximum Gasteiger partial charge on any atom is 0.407 e. The Kier molecular flexibility index (Phi) is 5.20. The lowest BCUT2D eigenvalue weighted by molar-refractivity contribution is -0.129. The van der Waals surface area contributed by atoms with Gasteiger partial charge in [0.15, 0.2) is 0 Å². The maximum atomic E-state index is 11.8. The highest BCUT2D eigenvalue weighted by Gasteiger charge is 2.31. The standard InChI is InChI=1S/C16H22N2O3/c1-12(2)18-10-14(8-15(18)19)9-17-16(20)21-11-13-6-4-3-5-7-13/h3-7,12,14H,8-11H2,1-2H3,(H,17,20). The first-order chi connectivity index (χ1) is 10.1. The van der Waals surface area contributed by atoms with E-state index in [9.17, 15) is 9.59 Å². The van der Waals surface area contributed by atoms with Crippen molar-refractivity contribution in [3.8, 4) is 0 Å². The van der Waals surface area contributed by atoms with Crippen LogP contribution in [-0.4, -0.2) is 36.0 Å². The number of hydrogen-bond acceptors (Lipinski definition) is 3. The smallest absolute Gasteiger partial charge is 0.407 e. The van der Waals surface area contributed by atoms with Crippen molar-refractivity contribution < 1.29 is 14.3 Å². The normalized spacial score (nSPS) is 18.1. The summed E-state index contributed by atoms with van der Waals surface area (Å²) < 4.78 is 5.14. The van der Waals surface area contributed by atoms with Gasteiger partial charge in [-0.05, 0) is 19.4 Å². The highest BCUT2D eigenvalue weighted by atomic mass is 16.5. The Balaban J connectivity index is 1.69. The Morgan fingerprint density at radius 1 is 1.38 bits per heavy atom. The fraction of sp³-hybridized carbons (Fsp3) is 0.500. The molecule has 5 heteroatoms. The van der Waals surface area contributed by atoms with Gasteiger partial charge in [0.25, 0.3) is 0 Å². The Labute approximate surface area is 125 Å². The van der Waals surface area contributed by atoms with Gasteiger partial charge in [-0.25, -0.2) is 4.79 Å². The minimum absolute atomic E-state index is 0.162. The number of carbonyl (C=O) groups is 2. The van der Waals surface area contributed by atoms with Gasteiger partial charge in [-0.15, -0.1) is 0 Å². The number of nitrogens with one attached hydrogen (secondary N) is 1. The Morgan fingerprint density at radius 2 is 2.10 bits per heavy atom. The zero-order chi connectivity index (χ0) is 15.2. The van der Waals surface area contributed by atoms with Crippen LogP contribution in [0.1, 0.15) is 25.8 Å². The molecule has 0 aliphatic carbocycles. The molecule has 0 radical (unpaired) electrons. The van der Waals surface area contributed by atoms with Crippen LogP contribution in [0.3, 0.4) is 0 Å². The van der Waals surface area contributed by atoms with Crippen molar-refractivity contribution in [2.45, 2.75) is 32.9 Å². The van der Waals surface area contributed by atoms with Gasteiger partial charge in [-0.2, -0.15) is 0 Å². The summed E-state index contributed by atoms with van der Waals surface area (Å²) in [7, 11) is 0. The second-order valence-electron chi connectivity index (χ2n) is 5.65. The zero-order valence-corrected chi connectivity index (χ0v) is 12.5. The molecule has 1 aromatic rings. The largest absolute Gasteiger partial charge is 0.445 e. The lowest BCUT2D eigenvalue weighted by Crippen LogP contribution is -2.34. The molecule has 1 unspecified atom stereocenters. The van der Waals surface area contributed by atoms with Gasteiger partial charge in [0.2, 0.25) is 5.91 Å². The number of nitrogens with zero attached hydrogens (tertiary/aromatic N) is 1. The summed E-state index contributed by atoms with van der Waals surface area (Å²) in [5.74, 6) is 0.332. The molecule has 1 N–H and O–H groups in total. The van der Waals surface area contributed by atoms with E-state index in [4.69, 9.17) is 4.74 Å². The quantitative estimate of drug-likeness (QED) is 0.904. The molecule has 21 heavy (non-hydrogen) atoms. The Hall–Kier alpha value is -2.04. The summed E-state index contributed by atoms with van der Waals surface area (Å²) in [6.45, 7) is 5.44. The number of amides is 2. The summed E-state index contributed by atoms with van der Waals surface area (Å²) in [5, 5.41) is 2.73. The summed E-state index contributed by atoms with van der Waals surface area (Å²) in [5.41, 5.74) is 0.953. The molecule has 1 aliphatic rings. The zero-order valence-electron chi connectivity index (χ0n) is 12.5. The molecule has 0 spiro atoms. The monoisotopic (exact) mass is 290 g/mol. The first kappa shape index (κ1) is 15.4. The molecule has 1 fully saturated rings. The Morgan fingerprint density at radius 3 is 2.71 bits per heavy atom. The summed E-state index contributed by atoms with van der Waals surface area (Å²) in [6, 6.07) is 9.75. The number of hydrogen-bond donors (Lipinski definition) is 1. The van der Waals surface area contributed by atoms with Gasteiger partial charge < -0.3 is 15.0 Å². The molecule has 0 bridgehead atoms. The second kappa shape index (κ2) is 7.11. The average molecular weight is 290 g/mol. The summed E-state index contributed by atoms with van der Waals surface area (Å²) in [6.07, 6.45) is 0.0613. The van der Waals surface area contributed by atoms with Crippen molar-refractivity contribution >= 4 is 12.0 Å². The SMILES string of the molecule is CC(C)N1CC(CNC(=O)OCc2ccccc2)CC1=O. The highest BCUT2D eigenvalue weighted by molar-refractivity contribution is 5.79. The fourth-order valence-corrected chi connectivity index (χ4v) is 2.45. The van der Waals surface area contributed by atoms with Crippen LogP contribution in [0.5, 0.6) is 0 Å². The van der Waals surface area contributed by atoms with E-state index >= 15 is 0 Å². The van der Waals surface area contributed by atoms with Crippen LogP contribution in [0.2, 0.25) is 0 Å². The minimum atomic E-state index is -0.436. The van der Waals surface area contributed by atoms with Crippen LogP contribution in [0.25, 0.3) is 0 Å². The van der Waals surface area contributed by atoms with Crippen molar-refractivity contribution in [1.82, 2.24) is 10.2 Å². The maximum absolute atomic E-state index is 11.8. The van der Waals surface area contributed by atoms with E-state index in [2.05, 4.69) is 5.32 Å². The fourth-order valence-electron chi connectivity index (χ4n) is 2.45. The predicted octanol–water partition coefficient (Wildman–Crippen LogP) is 2.17. The molecule has 2 rings (SSSR count). The Bertz CT molecular complexity index is 488. The van der Waals surface area contributed by atoms with Crippen molar-refractivity contribution in [2.24, 2.45) is 5.92 Å². The molecule has 1 atom stereocenters. The van der Waals surface area contributed by atoms with E-state index in [0.29, 0.717) is 19.5 Å². The van der Waals surface area contributed by atoms with Gasteiger partial charge in [-0.1, -0.05) is 30.3 Å². The van der Waals surface area contributed by atoms with E-state index in [0.717, 1.165) is 5.56 Å². The van der Waals surface area contributed by atoms with E-state index in [1.54, 1.807) is 0 Å².